The highest BCUT2D eigenvalue weighted by Crippen LogP contribution is 2.29. The minimum Gasteiger partial charge on any atom is -0.325 e. The van der Waals surface area contributed by atoms with Crippen molar-refractivity contribution in [3.63, 3.8) is 0 Å². The van der Waals surface area contributed by atoms with Crippen LogP contribution in [-0.2, 0) is 16.6 Å². The van der Waals surface area contributed by atoms with Crippen molar-refractivity contribution in [1.29, 1.82) is 0 Å². The Morgan fingerprint density at radius 2 is 1.88 bits per heavy atom. The average molecular weight is 451 g/mol. The normalized spacial score (nSPS) is 13.3. The summed E-state index contributed by atoms with van der Waals surface area (Å²) in [5, 5.41) is 14.0. The van der Waals surface area contributed by atoms with Crippen molar-refractivity contribution in [3.8, 4) is 0 Å². The number of para-hydroxylation sites is 2. The smallest absolute Gasteiger partial charge is 0.255 e. The Hall–Kier alpha value is -3.66. The van der Waals surface area contributed by atoms with Crippen LogP contribution in [0.1, 0.15) is 23.2 Å². The number of anilines is 3. The summed E-state index contributed by atoms with van der Waals surface area (Å²) in [4.78, 5) is 38.7. The topological polar surface area (TPSA) is 109 Å². The maximum atomic E-state index is 12.7. The molecule has 3 aromatic rings. The third-order valence-electron chi connectivity index (χ3n) is 4.95. The van der Waals surface area contributed by atoms with E-state index < -0.39 is 0 Å². The Morgan fingerprint density at radius 3 is 2.56 bits per heavy atom. The van der Waals surface area contributed by atoms with Gasteiger partial charge >= 0.3 is 0 Å². The highest BCUT2D eigenvalue weighted by atomic mass is 32.2. The number of hydrogen-bond acceptors (Lipinski definition) is 6. The second kappa shape index (κ2) is 9.65. The molecule has 10 heteroatoms. The fourth-order valence-electron chi connectivity index (χ4n) is 3.35. The predicted octanol–water partition coefficient (Wildman–Crippen LogP) is 2.93. The van der Waals surface area contributed by atoms with E-state index >= 15 is 0 Å². The number of carbonyl (C=O) groups excluding carboxylic acids is 3. The van der Waals surface area contributed by atoms with Gasteiger partial charge in [0.1, 0.15) is 6.33 Å². The molecule has 0 saturated carbocycles. The molecule has 1 aliphatic heterocycles. The molecular formula is C22H22N6O3S. The fourth-order valence-corrected chi connectivity index (χ4v) is 4.04. The molecule has 0 atom stereocenters. The van der Waals surface area contributed by atoms with E-state index in [9.17, 15) is 14.4 Å². The number of benzene rings is 2. The molecule has 32 heavy (non-hydrogen) atoms. The molecule has 3 amide bonds. The zero-order valence-electron chi connectivity index (χ0n) is 17.4. The third kappa shape index (κ3) is 4.97. The number of nitrogens with zero attached hydrogens (tertiary/aromatic N) is 4. The summed E-state index contributed by atoms with van der Waals surface area (Å²) in [5.41, 5.74) is 2.32. The van der Waals surface area contributed by atoms with Gasteiger partial charge in [-0.1, -0.05) is 23.9 Å². The molecule has 0 radical (unpaired) electrons. The molecule has 164 valence electrons. The van der Waals surface area contributed by atoms with Gasteiger partial charge in [-0.3, -0.25) is 14.4 Å². The minimum atomic E-state index is -0.292. The molecule has 2 aromatic carbocycles. The van der Waals surface area contributed by atoms with E-state index in [0.29, 0.717) is 40.7 Å². The summed E-state index contributed by atoms with van der Waals surface area (Å²) in [6, 6.07) is 13.9. The first-order valence-corrected chi connectivity index (χ1v) is 11.1. The highest BCUT2D eigenvalue weighted by molar-refractivity contribution is 7.99. The molecule has 1 aliphatic rings. The monoisotopic (exact) mass is 450 g/mol. The van der Waals surface area contributed by atoms with E-state index in [1.54, 1.807) is 46.1 Å². The van der Waals surface area contributed by atoms with Crippen molar-refractivity contribution in [2.24, 2.45) is 7.05 Å². The van der Waals surface area contributed by atoms with Crippen LogP contribution < -0.4 is 15.5 Å². The molecule has 1 saturated heterocycles. The summed E-state index contributed by atoms with van der Waals surface area (Å²) in [6.45, 7) is 0.648. The van der Waals surface area contributed by atoms with Gasteiger partial charge in [-0.25, -0.2) is 0 Å². The third-order valence-corrected chi connectivity index (χ3v) is 5.98. The number of thioether (sulfide) groups is 1. The molecular weight excluding hydrogens is 428 g/mol. The number of hydrogen-bond donors (Lipinski definition) is 2. The summed E-state index contributed by atoms with van der Waals surface area (Å²) in [7, 11) is 1.81. The van der Waals surface area contributed by atoms with Crippen LogP contribution in [0.5, 0.6) is 0 Å². The van der Waals surface area contributed by atoms with Gasteiger partial charge in [-0.15, -0.1) is 10.2 Å². The molecule has 4 rings (SSSR count). The van der Waals surface area contributed by atoms with E-state index in [1.165, 1.54) is 11.8 Å². The van der Waals surface area contributed by atoms with E-state index in [-0.39, 0.29) is 23.5 Å². The number of aromatic nitrogens is 3. The molecule has 0 bridgehead atoms. The maximum Gasteiger partial charge on any atom is 0.255 e. The molecule has 1 fully saturated rings. The van der Waals surface area contributed by atoms with Gasteiger partial charge in [0.15, 0.2) is 5.16 Å². The predicted molar refractivity (Wildman–Crippen MR) is 123 cm³/mol. The second-order valence-electron chi connectivity index (χ2n) is 7.26. The zero-order valence-corrected chi connectivity index (χ0v) is 18.3. The van der Waals surface area contributed by atoms with Crippen LogP contribution >= 0.6 is 11.8 Å². The van der Waals surface area contributed by atoms with Gasteiger partial charge in [0.05, 0.1) is 17.1 Å². The minimum absolute atomic E-state index is 0.0594. The fraction of sp³-hybridized carbons (Fsp3) is 0.227. The van der Waals surface area contributed by atoms with Crippen LogP contribution in [0.4, 0.5) is 17.1 Å². The Kier molecular flexibility index (Phi) is 6.50. The van der Waals surface area contributed by atoms with Crippen LogP contribution in [0.2, 0.25) is 0 Å². The lowest BCUT2D eigenvalue weighted by Gasteiger charge is -2.20. The maximum absolute atomic E-state index is 12.7. The van der Waals surface area contributed by atoms with Crippen molar-refractivity contribution in [2.75, 3.05) is 27.8 Å². The number of amides is 3. The van der Waals surface area contributed by atoms with Gasteiger partial charge in [0, 0.05) is 31.3 Å². The largest absolute Gasteiger partial charge is 0.325 e. The van der Waals surface area contributed by atoms with Gasteiger partial charge in [0.25, 0.3) is 5.91 Å². The first-order chi connectivity index (χ1) is 15.5. The van der Waals surface area contributed by atoms with Gasteiger partial charge in [-0.2, -0.15) is 0 Å². The van der Waals surface area contributed by atoms with Crippen molar-refractivity contribution < 1.29 is 14.4 Å². The summed E-state index contributed by atoms with van der Waals surface area (Å²) >= 11 is 1.29. The standard InChI is InChI=1S/C22H22N6O3S/c1-27-14-23-26-22(27)32-13-19(29)24-16-10-8-15(9-11-16)21(31)25-17-5-2-3-6-18(17)28-12-4-7-20(28)30/h2-3,5-6,8-11,14H,4,7,12-13H2,1H3,(H,24,29)(H,25,31). The van der Waals surface area contributed by atoms with E-state index in [1.807, 2.05) is 25.2 Å². The Bertz CT molecular complexity index is 1140. The zero-order chi connectivity index (χ0) is 22.5. The SMILES string of the molecule is Cn1cnnc1SCC(=O)Nc1ccc(C(=O)Nc2ccccc2N2CCCC2=O)cc1. The van der Waals surface area contributed by atoms with Crippen LogP contribution in [0, 0.1) is 0 Å². The van der Waals surface area contributed by atoms with Crippen LogP contribution in [0.25, 0.3) is 0 Å². The number of rotatable bonds is 7. The molecule has 2 heterocycles. The van der Waals surface area contributed by atoms with E-state index in [4.69, 9.17) is 0 Å². The van der Waals surface area contributed by atoms with Gasteiger partial charge in [0.2, 0.25) is 11.8 Å². The summed E-state index contributed by atoms with van der Waals surface area (Å²) in [5.74, 6) is -0.218. The number of carbonyl (C=O) groups is 3. The Labute approximate surface area is 189 Å². The first kappa shape index (κ1) is 21.6. The lowest BCUT2D eigenvalue weighted by atomic mass is 10.1. The van der Waals surface area contributed by atoms with Crippen molar-refractivity contribution in [2.45, 2.75) is 18.0 Å². The summed E-state index contributed by atoms with van der Waals surface area (Å²) < 4.78 is 1.74. The van der Waals surface area contributed by atoms with Crippen molar-refractivity contribution in [1.82, 2.24) is 14.8 Å². The van der Waals surface area contributed by atoms with Crippen molar-refractivity contribution >= 4 is 46.5 Å². The van der Waals surface area contributed by atoms with Crippen molar-refractivity contribution in [3.05, 3.63) is 60.4 Å². The Balaban J connectivity index is 1.36. The molecule has 9 nitrogen and oxygen atoms in total. The van der Waals surface area contributed by atoms with Crippen LogP contribution in [0.15, 0.2) is 60.0 Å². The Morgan fingerprint density at radius 1 is 1.09 bits per heavy atom. The molecule has 0 aliphatic carbocycles. The molecule has 0 unspecified atom stereocenters. The number of nitrogens with one attached hydrogen (secondary N) is 2. The number of aryl methyl sites for hydroxylation is 1. The van der Waals surface area contributed by atoms with E-state index in [0.717, 1.165) is 6.42 Å². The summed E-state index contributed by atoms with van der Waals surface area (Å²) in [6.07, 6.45) is 2.91. The first-order valence-electron chi connectivity index (χ1n) is 10.1. The van der Waals surface area contributed by atoms with Crippen LogP contribution in [-0.4, -0.2) is 44.8 Å². The van der Waals surface area contributed by atoms with Gasteiger partial charge < -0.3 is 20.1 Å². The highest BCUT2D eigenvalue weighted by Gasteiger charge is 2.24. The van der Waals surface area contributed by atoms with Gasteiger partial charge in [-0.05, 0) is 42.8 Å². The molecule has 1 aromatic heterocycles. The lowest BCUT2D eigenvalue weighted by molar-refractivity contribution is -0.117. The average Bonchev–Trinajstić information content (AvgIpc) is 3.41. The van der Waals surface area contributed by atoms with E-state index in [2.05, 4.69) is 20.8 Å². The molecule has 2 N–H and O–H groups in total. The van der Waals surface area contributed by atoms with Crippen LogP contribution in [0.3, 0.4) is 0 Å². The molecule has 0 spiro atoms. The quantitative estimate of drug-likeness (QED) is 0.536. The second-order valence-corrected chi connectivity index (χ2v) is 8.20. The lowest BCUT2D eigenvalue weighted by Crippen LogP contribution is -2.25.